The Hall–Kier alpha value is -2.13. The molecule has 1 N–H and O–H groups in total. The van der Waals surface area contributed by atoms with Crippen LogP contribution in [0.15, 0.2) is 53.3 Å². The molecule has 0 bridgehead atoms. The number of aryl methyl sites for hydroxylation is 2. The van der Waals surface area contributed by atoms with Gasteiger partial charge in [-0.2, -0.15) is 0 Å². The zero-order valence-electron chi connectivity index (χ0n) is 11.5. The predicted octanol–water partition coefficient (Wildman–Crippen LogP) is 3.75. The molecule has 1 heterocycles. The van der Waals surface area contributed by atoms with Gasteiger partial charge in [-0.15, -0.1) is 0 Å². The van der Waals surface area contributed by atoms with E-state index in [1.54, 1.807) is 18.2 Å². The fourth-order valence-electron chi connectivity index (χ4n) is 2.38. The molecule has 3 rings (SSSR count). The number of hydrogen-bond acceptors (Lipinski definition) is 2. The Kier molecular flexibility index (Phi) is 4.02. The van der Waals surface area contributed by atoms with Gasteiger partial charge in [-0.1, -0.05) is 41.9 Å². The lowest BCUT2D eigenvalue weighted by atomic mass is 10.1. The minimum atomic E-state index is -0.128. The molecule has 0 spiro atoms. The highest BCUT2D eigenvalue weighted by atomic mass is 35.5. The van der Waals surface area contributed by atoms with Crippen molar-refractivity contribution in [3.63, 3.8) is 0 Å². The summed E-state index contributed by atoms with van der Waals surface area (Å²) in [6, 6.07) is 15.5. The summed E-state index contributed by atoms with van der Waals surface area (Å²) in [5, 5.41) is 1.08. The zero-order chi connectivity index (χ0) is 14.7. The van der Waals surface area contributed by atoms with Crippen LogP contribution in [-0.2, 0) is 12.8 Å². The van der Waals surface area contributed by atoms with E-state index in [4.69, 9.17) is 11.6 Å². The van der Waals surface area contributed by atoms with Gasteiger partial charge in [0.15, 0.2) is 0 Å². The third-order valence-electron chi connectivity index (χ3n) is 3.44. The van der Waals surface area contributed by atoms with Crippen molar-refractivity contribution in [1.82, 2.24) is 9.97 Å². The van der Waals surface area contributed by atoms with Crippen LogP contribution >= 0.6 is 11.6 Å². The Bertz CT molecular complexity index is 812. The monoisotopic (exact) mass is 298 g/mol. The van der Waals surface area contributed by atoms with E-state index in [9.17, 15) is 4.79 Å². The van der Waals surface area contributed by atoms with Gasteiger partial charge in [-0.05, 0) is 36.6 Å². The first-order valence-corrected chi connectivity index (χ1v) is 7.32. The maximum atomic E-state index is 12.0. The van der Waals surface area contributed by atoms with Gasteiger partial charge in [-0.25, -0.2) is 4.98 Å². The fraction of sp³-hybridized carbons (Fsp3) is 0.176. The molecule has 0 fully saturated rings. The topological polar surface area (TPSA) is 45.8 Å². The molecule has 0 saturated carbocycles. The highest BCUT2D eigenvalue weighted by Gasteiger charge is 2.04. The van der Waals surface area contributed by atoms with Gasteiger partial charge in [0.2, 0.25) is 0 Å². The van der Waals surface area contributed by atoms with Crippen LogP contribution in [-0.4, -0.2) is 9.97 Å². The van der Waals surface area contributed by atoms with Crippen LogP contribution in [0.3, 0.4) is 0 Å². The lowest BCUT2D eigenvalue weighted by Crippen LogP contribution is -2.12. The molecule has 106 valence electrons. The summed E-state index contributed by atoms with van der Waals surface area (Å²) in [5.41, 5.74) is 1.86. The molecule has 21 heavy (non-hydrogen) atoms. The lowest BCUT2D eigenvalue weighted by molar-refractivity contribution is 0.772. The van der Waals surface area contributed by atoms with E-state index in [1.807, 2.05) is 18.2 Å². The highest BCUT2D eigenvalue weighted by molar-refractivity contribution is 6.31. The van der Waals surface area contributed by atoms with E-state index in [1.165, 1.54) is 5.56 Å². The van der Waals surface area contributed by atoms with Gasteiger partial charge >= 0.3 is 0 Å². The van der Waals surface area contributed by atoms with Gasteiger partial charge in [0, 0.05) is 11.4 Å². The molecule has 0 radical (unpaired) electrons. The standard InChI is InChI=1S/C17H15ClN2O/c18-13-9-10-15-14(11-13)17(21)20-16(19-15)8-4-7-12-5-2-1-3-6-12/h1-3,5-6,9-11H,4,7-8H2,(H,19,20,21). The Balaban J connectivity index is 1.76. The number of fused-ring (bicyclic) bond motifs is 1. The van der Waals surface area contributed by atoms with E-state index < -0.39 is 0 Å². The summed E-state index contributed by atoms with van der Waals surface area (Å²) in [5.74, 6) is 0.728. The first kappa shape index (κ1) is 13.8. The summed E-state index contributed by atoms with van der Waals surface area (Å²) in [4.78, 5) is 19.4. The van der Waals surface area contributed by atoms with Crippen LogP contribution in [0.2, 0.25) is 5.02 Å². The predicted molar refractivity (Wildman–Crippen MR) is 85.8 cm³/mol. The smallest absolute Gasteiger partial charge is 0.258 e. The van der Waals surface area contributed by atoms with Crippen LogP contribution < -0.4 is 5.56 Å². The first-order chi connectivity index (χ1) is 10.2. The van der Waals surface area contributed by atoms with Crippen LogP contribution in [0, 0.1) is 0 Å². The van der Waals surface area contributed by atoms with Gasteiger partial charge in [0.1, 0.15) is 5.82 Å². The Morgan fingerprint density at radius 2 is 1.86 bits per heavy atom. The molecule has 0 aliphatic carbocycles. The molecule has 0 saturated heterocycles. The van der Waals surface area contributed by atoms with Gasteiger partial charge in [0.25, 0.3) is 5.56 Å². The van der Waals surface area contributed by atoms with Crippen molar-refractivity contribution >= 4 is 22.5 Å². The second-order valence-corrected chi connectivity index (χ2v) is 5.45. The van der Waals surface area contributed by atoms with Gasteiger partial charge < -0.3 is 4.98 Å². The van der Waals surface area contributed by atoms with E-state index in [0.717, 1.165) is 25.1 Å². The molecule has 0 amide bonds. The second-order valence-electron chi connectivity index (χ2n) is 5.01. The van der Waals surface area contributed by atoms with Crippen molar-refractivity contribution in [3.05, 3.63) is 75.3 Å². The number of rotatable bonds is 4. The van der Waals surface area contributed by atoms with Crippen molar-refractivity contribution in [2.24, 2.45) is 0 Å². The minimum absolute atomic E-state index is 0.128. The largest absolute Gasteiger partial charge is 0.310 e. The minimum Gasteiger partial charge on any atom is -0.310 e. The average molecular weight is 299 g/mol. The molecule has 3 aromatic rings. The summed E-state index contributed by atoms with van der Waals surface area (Å²) in [7, 11) is 0. The Morgan fingerprint density at radius 1 is 1.05 bits per heavy atom. The molecular formula is C17H15ClN2O. The van der Waals surface area contributed by atoms with Crippen LogP contribution in [0.1, 0.15) is 17.8 Å². The molecule has 4 heteroatoms. The SMILES string of the molecule is O=c1[nH]c(CCCc2ccccc2)nc2ccc(Cl)cc12. The molecule has 0 aliphatic rings. The van der Waals surface area contributed by atoms with Crippen molar-refractivity contribution in [2.75, 3.05) is 0 Å². The number of halogens is 1. The normalized spacial score (nSPS) is 10.9. The van der Waals surface area contributed by atoms with Gasteiger partial charge in [0.05, 0.1) is 10.9 Å². The van der Waals surface area contributed by atoms with E-state index >= 15 is 0 Å². The number of nitrogens with one attached hydrogen (secondary N) is 1. The molecular weight excluding hydrogens is 284 g/mol. The number of nitrogens with zero attached hydrogens (tertiary/aromatic N) is 1. The Morgan fingerprint density at radius 3 is 2.67 bits per heavy atom. The zero-order valence-corrected chi connectivity index (χ0v) is 12.2. The van der Waals surface area contributed by atoms with Crippen LogP contribution in [0.4, 0.5) is 0 Å². The number of aromatic amines is 1. The molecule has 0 unspecified atom stereocenters. The maximum Gasteiger partial charge on any atom is 0.258 e. The molecule has 3 nitrogen and oxygen atoms in total. The third kappa shape index (κ3) is 3.31. The molecule has 2 aromatic carbocycles. The first-order valence-electron chi connectivity index (χ1n) is 6.95. The van der Waals surface area contributed by atoms with E-state index in [-0.39, 0.29) is 5.56 Å². The molecule has 0 aliphatic heterocycles. The fourth-order valence-corrected chi connectivity index (χ4v) is 2.55. The lowest BCUT2D eigenvalue weighted by Gasteiger charge is -2.04. The van der Waals surface area contributed by atoms with E-state index in [2.05, 4.69) is 22.1 Å². The van der Waals surface area contributed by atoms with Crippen molar-refractivity contribution in [1.29, 1.82) is 0 Å². The van der Waals surface area contributed by atoms with Crippen molar-refractivity contribution < 1.29 is 0 Å². The van der Waals surface area contributed by atoms with Crippen molar-refractivity contribution in [3.8, 4) is 0 Å². The number of hydrogen-bond donors (Lipinski definition) is 1. The van der Waals surface area contributed by atoms with Crippen LogP contribution in [0.5, 0.6) is 0 Å². The summed E-state index contributed by atoms with van der Waals surface area (Å²) >= 11 is 5.90. The Labute approximate surface area is 127 Å². The molecule has 0 atom stereocenters. The quantitative estimate of drug-likeness (QED) is 0.797. The summed E-state index contributed by atoms with van der Waals surface area (Å²) in [6.07, 6.45) is 2.68. The maximum absolute atomic E-state index is 12.0. The highest BCUT2D eigenvalue weighted by Crippen LogP contribution is 2.15. The van der Waals surface area contributed by atoms with Crippen molar-refractivity contribution in [2.45, 2.75) is 19.3 Å². The van der Waals surface area contributed by atoms with E-state index in [0.29, 0.717) is 15.9 Å². The summed E-state index contributed by atoms with van der Waals surface area (Å²) in [6.45, 7) is 0. The average Bonchev–Trinajstić information content (AvgIpc) is 2.49. The third-order valence-corrected chi connectivity index (χ3v) is 3.67. The summed E-state index contributed by atoms with van der Waals surface area (Å²) < 4.78 is 0. The van der Waals surface area contributed by atoms with Gasteiger partial charge in [-0.3, -0.25) is 4.79 Å². The van der Waals surface area contributed by atoms with Crippen LogP contribution in [0.25, 0.3) is 10.9 Å². The number of benzene rings is 2. The number of H-pyrrole nitrogens is 1. The number of aromatic nitrogens is 2. The molecule has 1 aromatic heterocycles. The second kappa shape index (κ2) is 6.10.